The van der Waals surface area contributed by atoms with E-state index in [1.807, 2.05) is 6.08 Å². The van der Waals surface area contributed by atoms with Gasteiger partial charge >= 0.3 is 0 Å². The third-order valence-electron chi connectivity index (χ3n) is 4.56. The largest absolute Gasteiger partial charge is 0.493 e. The molecular formula is C19H36O5. The van der Waals surface area contributed by atoms with Crippen molar-refractivity contribution in [1.29, 1.82) is 0 Å². The van der Waals surface area contributed by atoms with Gasteiger partial charge in [0, 0.05) is 0 Å². The van der Waals surface area contributed by atoms with Gasteiger partial charge in [-0.25, -0.2) is 0 Å². The number of hydrogen-bond acceptors (Lipinski definition) is 5. The third kappa shape index (κ3) is 8.47. The lowest BCUT2D eigenvalue weighted by atomic mass is 10.0. The van der Waals surface area contributed by atoms with Gasteiger partial charge in [-0.05, 0) is 18.9 Å². The van der Waals surface area contributed by atoms with Crippen molar-refractivity contribution in [1.82, 2.24) is 0 Å². The highest BCUT2D eigenvalue weighted by Gasteiger charge is 2.39. The van der Waals surface area contributed by atoms with Crippen molar-refractivity contribution in [3.63, 3.8) is 0 Å². The van der Waals surface area contributed by atoms with Crippen LogP contribution in [0.1, 0.15) is 71.1 Å². The molecule has 24 heavy (non-hydrogen) atoms. The average Bonchev–Trinajstić information content (AvgIpc) is 2.58. The summed E-state index contributed by atoms with van der Waals surface area (Å²) in [6.07, 6.45) is 12.8. The molecule has 0 aromatic heterocycles. The Bertz CT molecular complexity index is 321. The molecule has 0 saturated carbocycles. The van der Waals surface area contributed by atoms with Crippen LogP contribution in [0.3, 0.4) is 0 Å². The van der Waals surface area contributed by atoms with Gasteiger partial charge in [0.15, 0.2) is 6.10 Å². The average molecular weight is 344 g/mol. The highest BCUT2D eigenvalue weighted by Crippen LogP contribution is 2.19. The first-order valence-corrected chi connectivity index (χ1v) is 9.59. The Balaban J connectivity index is 2.02. The number of hydrogen-bond donors (Lipinski definition) is 3. The molecule has 0 aromatic carbocycles. The summed E-state index contributed by atoms with van der Waals surface area (Å²) in [5.41, 5.74) is 0. The summed E-state index contributed by atoms with van der Waals surface area (Å²) in [7, 11) is 0. The normalized spacial score (nSPS) is 27.7. The molecule has 0 unspecified atom stereocenters. The van der Waals surface area contributed by atoms with Gasteiger partial charge in [0.2, 0.25) is 0 Å². The molecule has 1 fully saturated rings. The van der Waals surface area contributed by atoms with E-state index < -0.39 is 24.4 Å². The summed E-state index contributed by atoms with van der Waals surface area (Å²) >= 11 is 0. The van der Waals surface area contributed by atoms with Crippen LogP contribution in [-0.4, -0.2) is 52.9 Å². The van der Waals surface area contributed by atoms with E-state index in [-0.39, 0.29) is 13.2 Å². The van der Waals surface area contributed by atoms with Crippen LogP contribution in [0.25, 0.3) is 0 Å². The lowest BCUT2D eigenvalue weighted by Gasteiger charge is -2.36. The van der Waals surface area contributed by atoms with Gasteiger partial charge in [-0.15, -0.1) is 0 Å². The molecule has 0 amide bonds. The second kappa shape index (κ2) is 13.6. The molecule has 3 N–H and O–H groups in total. The summed E-state index contributed by atoms with van der Waals surface area (Å²) in [5, 5.41) is 28.9. The SMILES string of the molecule is CCCCCCCCCCC/C=C/O[C@@H]1[C@@H](O)[C@H](CO)OC[C@H]1O. The van der Waals surface area contributed by atoms with Crippen LogP contribution >= 0.6 is 0 Å². The quantitative estimate of drug-likeness (QED) is 0.354. The molecule has 0 radical (unpaired) electrons. The Hall–Kier alpha value is -0.620. The van der Waals surface area contributed by atoms with Crippen molar-refractivity contribution in [2.24, 2.45) is 0 Å². The van der Waals surface area contributed by atoms with E-state index >= 15 is 0 Å². The summed E-state index contributed by atoms with van der Waals surface area (Å²) in [6.45, 7) is 2.03. The highest BCUT2D eigenvalue weighted by atomic mass is 16.6. The summed E-state index contributed by atoms with van der Waals surface area (Å²) in [6, 6.07) is 0. The van der Waals surface area contributed by atoms with Crippen molar-refractivity contribution in [2.75, 3.05) is 13.2 Å². The minimum atomic E-state index is -1.02. The first-order valence-electron chi connectivity index (χ1n) is 9.59. The minimum absolute atomic E-state index is 0.0685. The molecule has 0 aliphatic carbocycles. The van der Waals surface area contributed by atoms with E-state index in [0.29, 0.717) is 0 Å². The van der Waals surface area contributed by atoms with Gasteiger partial charge in [-0.3, -0.25) is 0 Å². The molecule has 5 heteroatoms. The van der Waals surface area contributed by atoms with Gasteiger partial charge in [0.1, 0.15) is 18.3 Å². The van der Waals surface area contributed by atoms with Crippen LogP contribution in [-0.2, 0) is 9.47 Å². The van der Waals surface area contributed by atoms with Gasteiger partial charge in [-0.2, -0.15) is 0 Å². The molecular weight excluding hydrogens is 308 g/mol. The number of unbranched alkanes of at least 4 members (excludes halogenated alkanes) is 9. The molecule has 142 valence electrons. The molecule has 0 spiro atoms. The highest BCUT2D eigenvalue weighted by molar-refractivity contribution is 4.89. The van der Waals surface area contributed by atoms with Gasteiger partial charge < -0.3 is 24.8 Å². The monoisotopic (exact) mass is 344 g/mol. The molecule has 0 aromatic rings. The Labute approximate surface area is 146 Å². The van der Waals surface area contributed by atoms with Crippen molar-refractivity contribution < 1.29 is 24.8 Å². The number of allylic oxidation sites excluding steroid dienone is 1. The Morgan fingerprint density at radius 2 is 1.62 bits per heavy atom. The molecule has 1 rings (SSSR count). The number of rotatable bonds is 13. The smallest absolute Gasteiger partial charge is 0.154 e. The van der Waals surface area contributed by atoms with Crippen molar-refractivity contribution >= 4 is 0 Å². The molecule has 0 bridgehead atoms. The standard InChI is InChI=1S/C19H36O5/c1-2-3-4-5-6-7-8-9-10-11-12-13-23-19-16(21)15-24-17(14-20)18(19)22/h12-13,16-22H,2-11,14-15H2,1H3/b13-12+/t16-,17+,18+,19+/m1/s1. The van der Waals surface area contributed by atoms with E-state index in [1.165, 1.54) is 51.4 Å². The summed E-state index contributed by atoms with van der Waals surface area (Å²) < 4.78 is 10.6. The lowest BCUT2D eigenvalue weighted by molar-refractivity contribution is -0.197. The van der Waals surface area contributed by atoms with Gasteiger partial charge in [-0.1, -0.05) is 58.3 Å². The van der Waals surface area contributed by atoms with Gasteiger partial charge in [0.25, 0.3) is 0 Å². The maximum absolute atomic E-state index is 9.97. The molecule has 1 heterocycles. The minimum Gasteiger partial charge on any atom is -0.493 e. The Morgan fingerprint density at radius 3 is 2.25 bits per heavy atom. The van der Waals surface area contributed by atoms with E-state index in [4.69, 9.17) is 14.6 Å². The summed E-state index contributed by atoms with van der Waals surface area (Å²) in [4.78, 5) is 0. The summed E-state index contributed by atoms with van der Waals surface area (Å²) in [5.74, 6) is 0. The van der Waals surface area contributed by atoms with Gasteiger partial charge in [0.05, 0.1) is 19.5 Å². The molecule has 1 aliphatic rings. The van der Waals surface area contributed by atoms with Crippen molar-refractivity contribution in [2.45, 2.75) is 95.5 Å². The van der Waals surface area contributed by atoms with E-state index in [1.54, 1.807) is 6.26 Å². The predicted octanol–water partition coefficient (Wildman–Crippen LogP) is 2.92. The van der Waals surface area contributed by atoms with Crippen LogP contribution in [0.15, 0.2) is 12.3 Å². The van der Waals surface area contributed by atoms with E-state index in [9.17, 15) is 10.2 Å². The molecule has 5 nitrogen and oxygen atoms in total. The van der Waals surface area contributed by atoms with Crippen LogP contribution in [0, 0.1) is 0 Å². The number of aliphatic hydroxyl groups is 3. The lowest BCUT2D eigenvalue weighted by Crippen LogP contribution is -2.54. The van der Waals surface area contributed by atoms with Crippen LogP contribution < -0.4 is 0 Å². The zero-order chi connectivity index (χ0) is 17.6. The van der Waals surface area contributed by atoms with Crippen LogP contribution in [0.2, 0.25) is 0 Å². The molecule has 1 saturated heterocycles. The topological polar surface area (TPSA) is 79.2 Å². The second-order valence-electron chi connectivity index (χ2n) is 6.70. The Kier molecular flexibility index (Phi) is 12.2. The fourth-order valence-electron chi connectivity index (χ4n) is 2.97. The molecule has 1 aliphatic heterocycles. The van der Waals surface area contributed by atoms with Crippen LogP contribution in [0.5, 0.6) is 0 Å². The first kappa shape index (κ1) is 21.4. The van der Waals surface area contributed by atoms with Crippen molar-refractivity contribution in [3.05, 3.63) is 12.3 Å². The zero-order valence-corrected chi connectivity index (χ0v) is 15.1. The Morgan fingerprint density at radius 1 is 1.00 bits per heavy atom. The van der Waals surface area contributed by atoms with E-state index in [2.05, 4.69) is 6.92 Å². The maximum atomic E-state index is 9.97. The third-order valence-corrected chi connectivity index (χ3v) is 4.56. The second-order valence-corrected chi connectivity index (χ2v) is 6.70. The first-order chi connectivity index (χ1) is 11.7. The predicted molar refractivity (Wildman–Crippen MR) is 94.7 cm³/mol. The van der Waals surface area contributed by atoms with E-state index in [0.717, 1.165) is 12.8 Å². The maximum Gasteiger partial charge on any atom is 0.154 e. The zero-order valence-electron chi connectivity index (χ0n) is 15.1. The number of ether oxygens (including phenoxy) is 2. The fraction of sp³-hybridized carbons (Fsp3) is 0.895. The molecule has 4 atom stereocenters. The fourth-order valence-corrected chi connectivity index (χ4v) is 2.97. The number of aliphatic hydroxyl groups excluding tert-OH is 3. The van der Waals surface area contributed by atoms with Crippen LogP contribution in [0.4, 0.5) is 0 Å². The van der Waals surface area contributed by atoms with Crippen molar-refractivity contribution in [3.8, 4) is 0 Å².